The first kappa shape index (κ1) is 38.3. The van der Waals surface area contributed by atoms with Crippen LogP contribution in [0.2, 0.25) is 0 Å². The Hall–Kier alpha value is 2.63. The van der Waals surface area contributed by atoms with E-state index in [1.807, 2.05) is 0 Å². The van der Waals surface area contributed by atoms with Crippen molar-refractivity contribution in [2.75, 3.05) is 0 Å². The first-order valence-electron chi connectivity index (χ1n) is 3.81. The Morgan fingerprint density at radius 2 is 0.680 bits per heavy atom. The van der Waals surface area contributed by atoms with Crippen molar-refractivity contribution in [3.05, 3.63) is 0 Å². The van der Waals surface area contributed by atoms with Gasteiger partial charge < -0.3 is 58.4 Å². The minimum absolute atomic E-state index is 0. The summed E-state index contributed by atoms with van der Waals surface area (Å²) in [4.78, 5) is 86.7. The van der Waals surface area contributed by atoms with Gasteiger partial charge in [0, 0.05) is 0 Å². The van der Waals surface area contributed by atoms with E-state index < -0.39 is 39.1 Å². The molecule has 0 rings (SSSR count). The van der Waals surface area contributed by atoms with Crippen LogP contribution in [0.5, 0.6) is 0 Å². The standard InChI is InChI=1S/2Na.2H4O7P2.H3O4P/c;;2*1-8(2,3)7-9(4,5)6;1-5(2,3)4/h;;2*(H2,1,2,3)(H2,4,5,6);(H3,1,2,3,4)/q2*+1;;;/p-2. The molecule has 0 heterocycles. The van der Waals surface area contributed by atoms with E-state index in [2.05, 4.69) is 8.62 Å². The zero-order valence-corrected chi connectivity index (χ0v) is 20.4. The Labute approximate surface area is 182 Å². The van der Waals surface area contributed by atoms with Crippen LogP contribution in [0.4, 0.5) is 0 Å². The van der Waals surface area contributed by atoms with Crippen LogP contribution in [0.15, 0.2) is 0 Å². The van der Waals surface area contributed by atoms with E-state index in [0.29, 0.717) is 0 Å². The van der Waals surface area contributed by atoms with Gasteiger partial charge in [-0.1, -0.05) is 0 Å². The van der Waals surface area contributed by atoms with Gasteiger partial charge in [0.15, 0.2) is 0 Å². The molecule has 0 saturated carbocycles. The molecule has 9 N–H and O–H groups in total. The predicted octanol–water partition coefficient (Wildman–Crippen LogP) is -9.81. The van der Waals surface area contributed by atoms with Gasteiger partial charge in [0.2, 0.25) is 0 Å². The summed E-state index contributed by atoms with van der Waals surface area (Å²) >= 11 is 0. The summed E-state index contributed by atoms with van der Waals surface area (Å²) in [5, 5.41) is 0. The van der Waals surface area contributed by atoms with Gasteiger partial charge in [-0.3, -0.25) is 4.31 Å². The van der Waals surface area contributed by atoms with Gasteiger partial charge in [0.05, 0.1) is 7.82 Å². The minimum atomic E-state index is -5.55. The van der Waals surface area contributed by atoms with Gasteiger partial charge in [0.25, 0.3) is 0 Å². The van der Waals surface area contributed by atoms with Crippen LogP contribution < -0.4 is 68.9 Å². The second-order valence-electron chi connectivity index (χ2n) is 2.60. The SMILES string of the molecule is O=P(O)(O)O.O=P(O)(O)OP(=O)(O)O.O=P([O-])([O-])OP(=O)(O)O.[Na+].[Na+]. The summed E-state index contributed by atoms with van der Waals surface area (Å²) in [6.07, 6.45) is 0. The number of hydrogen-bond donors (Lipinski definition) is 9. The summed E-state index contributed by atoms with van der Waals surface area (Å²) in [5.74, 6) is 0. The maximum atomic E-state index is 9.63. The number of phosphoric acid groups is 5. The second kappa shape index (κ2) is 14.6. The molecule has 0 aliphatic carbocycles. The summed E-state index contributed by atoms with van der Waals surface area (Å²) in [7, 11) is -25.5. The zero-order chi connectivity index (χ0) is 19.9. The fourth-order valence-electron chi connectivity index (χ4n) is 0.269. The van der Waals surface area contributed by atoms with Crippen molar-refractivity contribution in [2.24, 2.45) is 0 Å². The van der Waals surface area contributed by atoms with Gasteiger partial charge >= 0.3 is 90.4 Å². The van der Waals surface area contributed by atoms with Crippen molar-refractivity contribution >= 4 is 39.1 Å². The molecule has 0 aromatic heterocycles. The largest absolute Gasteiger partial charge is 1.00 e. The smallest absolute Gasteiger partial charge is 0.789 e. The molecule has 0 amide bonds. The van der Waals surface area contributed by atoms with Crippen LogP contribution in [0.1, 0.15) is 0 Å². The first-order valence-corrected chi connectivity index (χ1v) is 11.4. The second-order valence-corrected chi connectivity index (χ2v) is 8.77. The van der Waals surface area contributed by atoms with E-state index in [1.165, 1.54) is 0 Å². The molecule has 25 heteroatoms. The average molecular weight is 498 g/mol. The summed E-state index contributed by atoms with van der Waals surface area (Å²) < 4.78 is 52.8. The molecular weight excluding hydrogens is 489 g/mol. The third-order valence-electron chi connectivity index (χ3n) is 0.419. The van der Waals surface area contributed by atoms with Gasteiger partial charge in [-0.05, 0) is 0 Å². The molecule has 0 aliphatic heterocycles. The molecule has 0 aliphatic rings. The first-order chi connectivity index (χ1) is 9.41. The van der Waals surface area contributed by atoms with Crippen LogP contribution in [-0.4, -0.2) is 44.0 Å². The van der Waals surface area contributed by atoms with Crippen LogP contribution in [0, 0.1) is 0 Å². The zero-order valence-electron chi connectivity index (χ0n) is 11.9. The van der Waals surface area contributed by atoms with Gasteiger partial charge in [-0.15, -0.1) is 0 Å². The predicted molar refractivity (Wildman–Crippen MR) is 60.2 cm³/mol. The molecule has 0 saturated heterocycles. The van der Waals surface area contributed by atoms with Gasteiger partial charge in [-0.2, -0.15) is 4.31 Å². The van der Waals surface area contributed by atoms with E-state index in [-0.39, 0.29) is 59.1 Å². The van der Waals surface area contributed by atoms with Crippen LogP contribution >= 0.6 is 39.1 Å². The molecule has 0 radical (unpaired) electrons. The topological polar surface area (TPSA) is 332 Å². The molecule has 0 aromatic carbocycles. The normalized spacial score (nSPS) is 12.3. The van der Waals surface area contributed by atoms with E-state index >= 15 is 0 Å². The van der Waals surface area contributed by atoms with Crippen LogP contribution in [-0.2, 0) is 31.4 Å². The molecule has 18 nitrogen and oxygen atoms in total. The summed E-state index contributed by atoms with van der Waals surface area (Å²) in [6, 6.07) is 0. The Kier molecular flexibility index (Phi) is 22.3. The van der Waals surface area contributed by atoms with Crippen LogP contribution in [0.3, 0.4) is 0 Å². The summed E-state index contributed by atoms with van der Waals surface area (Å²) in [6.45, 7) is 0. The van der Waals surface area contributed by atoms with E-state index in [9.17, 15) is 28.0 Å². The third kappa shape index (κ3) is 75.5. The Morgan fingerprint density at radius 3 is 0.680 bits per heavy atom. The molecule has 0 atom stereocenters. The number of hydrogen-bond acceptors (Lipinski definition) is 9. The number of rotatable bonds is 4. The Morgan fingerprint density at radius 1 is 0.520 bits per heavy atom. The third-order valence-corrected chi connectivity index (χ3v) is 3.77. The molecule has 144 valence electrons. The van der Waals surface area contributed by atoms with Crippen molar-refractivity contribution in [1.29, 1.82) is 0 Å². The summed E-state index contributed by atoms with van der Waals surface area (Å²) in [5.41, 5.74) is 0. The molecule has 0 spiro atoms. The quantitative estimate of drug-likeness (QED) is 0.128. The molecule has 0 fully saturated rings. The maximum Gasteiger partial charge on any atom is 1.00 e. The van der Waals surface area contributed by atoms with Crippen molar-refractivity contribution < 1.29 is 144 Å². The molecule has 0 bridgehead atoms. The minimum Gasteiger partial charge on any atom is -0.789 e. The Balaban J connectivity index is -0.0000000800. The fourth-order valence-corrected chi connectivity index (χ4v) is 2.42. The average Bonchev–Trinajstić information content (AvgIpc) is 1.81. The van der Waals surface area contributed by atoms with E-state index in [1.54, 1.807) is 0 Å². The van der Waals surface area contributed by atoms with E-state index in [0.717, 1.165) is 0 Å². The molecule has 25 heavy (non-hydrogen) atoms. The van der Waals surface area contributed by atoms with Crippen molar-refractivity contribution in [2.45, 2.75) is 0 Å². The monoisotopic (exact) mass is 498 g/mol. The van der Waals surface area contributed by atoms with Gasteiger partial charge in [0.1, 0.15) is 0 Å². The molecular formula is H9Na2O18P5. The van der Waals surface area contributed by atoms with Crippen molar-refractivity contribution in [3.63, 3.8) is 0 Å². The molecule has 0 aromatic rings. The van der Waals surface area contributed by atoms with E-state index in [4.69, 9.17) is 48.6 Å². The molecule has 0 unspecified atom stereocenters. The van der Waals surface area contributed by atoms with Crippen molar-refractivity contribution in [3.8, 4) is 0 Å². The van der Waals surface area contributed by atoms with Gasteiger partial charge in [-0.25, -0.2) is 18.3 Å². The fraction of sp³-hybridized carbons (Fsp3) is 0. The Bertz CT molecular complexity index is 470. The van der Waals surface area contributed by atoms with Crippen molar-refractivity contribution in [1.82, 2.24) is 0 Å². The maximum absolute atomic E-state index is 9.63. The van der Waals surface area contributed by atoms with Crippen LogP contribution in [0.25, 0.3) is 0 Å².